The number of rotatable bonds is 1. The van der Waals surface area contributed by atoms with Gasteiger partial charge in [-0.3, -0.25) is 0 Å². The number of carbonyl (C=O) groups is 1. The summed E-state index contributed by atoms with van der Waals surface area (Å²) in [6.07, 6.45) is 2.85. The summed E-state index contributed by atoms with van der Waals surface area (Å²) >= 11 is 3.25. The first kappa shape index (κ1) is 9.14. The Balaban J connectivity index is 2.91. The molecule has 1 N–H and O–H groups in total. The molecule has 0 fully saturated rings. The van der Waals surface area contributed by atoms with Gasteiger partial charge in [0.25, 0.3) is 0 Å². The maximum absolute atomic E-state index is 10.9. The van der Waals surface area contributed by atoms with Crippen molar-refractivity contribution in [3.63, 3.8) is 0 Å². The Hall–Kier alpha value is -1.43. The van der Waals surface area contributed by atoms with Gasteiger partial charge in [-0.05, 0) is 15.9 Å². The lowest BCUT2D eigenvalue weighted by molar-refractivity contribution is 0.0698. The maximum atomic E-state index is 10.9. The van der Waals surface area contributed by atoms with Crippen molar-refractivity contribution in [1.29, 1.82) is 0 Å². The number of halogens is 1. The van der Waals surface area contributed by atoms with Gasteiger partial charge in [-0.25, -0.2) is 14.8 Å². The predicted octanol–water partition coefficient (Wildman–Crippen LogP) is 1.43. The quantitative estimate of drug-likeness (QED) is 0.783. The van der Waals surface area contributed by atoms with Crippen molar-refractivity contribution in [2.24, 2.45) is 7.05 Å². The molecule has 72 valence electrons. The molecule has 0 bridgehead atoms. The predicted molar refractivity (Wildman–Crippen MR) is 53.2 cm³/mol. The minimum absolute atomic E-state index is 0.186. The van der Waals surface area contributed by atoms with Crippen molar-refractivity contribution in [1.82, 2.24) is 14.5 Å². The van der Waals surface area contributed by atoms with Gasteiger partial charge in [0.05, 0.1) is 0 Å². The molecule has 2 aromatic rings. The first-order valence-electron chi connectivity index (χ1n) is 3.80. The molecule has 0 unspecified atom stereocenters. The van der Waals surface area contributed by atoms with Crippen LogP contribution in [0, 0.1) is 0 Å². The summed E-state index contributed by atoms with van der Waals surface area (Å²) in [4.78, 5) is 18.7. The maximum Gasteiger partial charge on any atom is 0.339 e. The van der Waals surface area contributed by atoms with Crippen LogP contribution in [-0.2, 0) is 7.05 Å². The lowest BCUT2D eigenvalue weighted by atomic mass is 10.3. The molecule has 0 aromatic carbocycles. The summed E-state index contributed by atoms with van der Waals surface area (Å²) in [5.74, 6) is -0.985. The van der Waals surface area contributed by atoms with Crippen LogP contribution in [0.5, 0.6) is 0 Å². The van der Waals surface area contributed by atoms with E-state index < -0.39 is 5.97 Å². The van der Waals surface area contributed by atoms with Crippen molar-refractivity contribution in [2.45, 2.75) is 0 Å². The number of hydrogen-bond donors (Lipinski definition) is 1. The van der Waals surface area contributed by atoms with E-state index in [1.54, 1.807) is 11.6 Å². The SMILES string of the molecule is Cn1cc(C(=O)O)c2ncnc(Br)c21. The molecule has 2 heterocycles. The molecular formula is C8H6BrN3O2. The summed E-state index contributed by atoms with van der Waals surface area (Å²) in [5.41, 5.74) is 1.32. The normalized spacial score (nSPS) is 10.7. The fourth-order valence-electron chi connectivity index (χ4n) is 1.34. The molecule has 0 aliphatic heterocycles. The molecule has 0 saturated heterocycles. The molecule has 0 aliphatic rings. The fourth-order valence-corrected chi connectivity index (χ4v) is 1.90. The van der Waals surface area contributed by atoms with Gasteiger partial charge in [0.1, 0.15) is 27.5 Å². The summed E-state index contributed by atoms with van der Waals surface area (Å²) in [6, 6.07) is 0. The molecule has 0 spiro atoms. The zero-order valence-corrected chi connectivity index (χ0v) is 8.82. The molecule has 0 amide bonds. The second kappa shape index (κ2) is 3.06. The van der Waals surface area contributed by atoms with Crippen LogP contribution < -0.4 is 0 Å². The molecule has 2 aromatic heterocycles. The Morgan fingerprint density at radius 1 is 1.57 bits per heavy atom. The second-order valence-corrected chi connectivity index (χ2v) is 3.57. The summed E-state index contributed by atoms with van der Waals surface area (Å²) in [5, 5.41) is 8.90. The van der Waals surface area contributed by atoms with E-state index >= 15 is 0 Å². The number of carboxylic acid groups (broad SMARTS) is 1. The van der Waals surface area contributed by atoms with E-state index in [2.05, 4.69) is 25.9 Å². The van der Waals surface area contributed by atoms with Crippen molar-refractivity contribution >= 4 is 32.9 Å². The largest absolute Gasteiger partial charge is 0.478 e. The zero-order valence-electron chi connectivity index (χ0n) is 7.23. The number of nitrogens with zero attached hydrogens (tertiary/aromatic N) is 3. The lowest BCUT2D eigenvalue weighted by Crippen LogP contribution is -1.95. The zero-order chi connectivity index (χ0) is 10.3. The van der Waals surface area contributed by atoms with E-state index in [0.717, 1.165) is 0 Å². The number of hydrogen-bond acceptors (Lipinski definition) is 3. The number of aromatic nitrogens is 3. The third kappa shape index (κ3) is 1.19. The van der Waals surface area contributed by atoms with E-state index in [9.17, 15) is 4.79 Å². The van der Waals surface area contributed by atoms with E-state index in [-0.39, 0.29) is 5.56 Å². The van der Waals surface area contributed by atoms with Crippen LogP contribution in [0.4, 0.5) is 0 Å². The second-order valence-electron chi connectivity index (χ2n) is 2.82. The average molecular weight is 256 g/mol. The first-order chi connectivity index (χ1) is 6.61. The van der Waals surface area contributed by atoms with Crippen molar-refractivity contribution < 1.29 is 9.90 Å². The summed E-state index contributed by atoms with van der Waals surface area (Å²) in [7, 11) is 1.75. The highest BCUT2D eigenvalue weighted by Gasteiger charge is 2.15. The standard InChI is InChI=1S/C8H6BrN3O2/c1-12-2-4(8(13)14)5-6(12)7(9)11-3-10-5/h2-3H,1H3,(H,13,14). The average Bonchev–Trinajstić information content (AvgIpc) is 2.45. The van der Waals surface area contributed by atoms with Gasteiger partial charge < -0.3 is 9.67 Å². The van der Waals surface area contributed by atoms with Crippen LogP contribution in [0.1, 0.15) is 10.4 Å². The van der Waals surface area contributed by atoms with Gasteiger partial charge in [0.2, 0.25) is 0 Å². The van der Waals surface area contributed by atoms with Crippen LogP contribution in [0.25, 0.3) is 11.0 Å². The van der Waals surface area contributed by atoms with Crippen molar-refractivity contribution in [3.05, 3.63) is 22.7 Å². The highest BCUT2D eigenvalue weighted by Crippen LogP contribution is 2.23. The molecule has 2 rings (SSSR count). The summed E-state index contributed by atoms with van der Waals surface area (Å²) in [6.45, 7) is 0. The van der Waals surface area contributed by atoms with Crippen LogP contribution >= 0.6 is 15.9 Å². The Morgan fingerprint density at radius 3 is 2.93 bits per heavy atom. The molecule has 0 atom stereocenters. The third-order valence-corrected chi connectivity index (χ3v) is 2.52. The van der Waals surface area contributed by atoms with Crippen molar-refractivity contribution in [2.75, 3.05) is 0 Å². The van der Waals surface area contributed by atoms with Crippen LogP contribution in [0.15, 0.2) is 17.1 Å². The molecule has 14 heavy (non-hydrogen) atoms. The van der Waals surface area contributed by atoms with Crippen LogP contribution in [0.2, 0.25) is 0 Å². The van der Waals surface area contributed by atoms with Gasteiger partial charge in [0, 0.05) is 13.2 Å². The van der Waals surface area contributed by atoms with Gasteiger partial charge in [-0.15, -0.1) is 0 Å². The molecule has 0 aliphatic carbocycles. The Morgan fingerprint density at radius 2 is 2.29 bits per heavy atom. The Labute approximate surface area is 87.5 Å². The van der Waals surface area contributed by atoms with E-state index in [1.165, 1.54) is 12.5 Å². The van der Waals surface area contributed by atoms with Crippen LogP contribution in [-0.4, -0.2) is 25.6 Å². The molecule has 5 nitrogen and oxygen atoms in total. The molecule has 0 saturated carbocycles. The number of aromatic carboxylic acids is 1. The molecule has 6 heteroatoms. The Bertz CT molecular complexity index is 521. The van der Waals surface area contributed by atoms with E-state index in [0.29, 0.717) is 15.6 Å². The molecule has 0 radical (unpaired) electrons. The van der Waals surface area contributed by atoms with Gasteiger partial charge in [-0.1, -0.05) is 0 Å². The van der Waals surface area contributed by atoms with Gasteiger partial charge >= 0.3 is 5.97 Å². The molecular weight excluding hydrogens is 250 g/mol. The number of carboxylic acids is 1. The van der Waals surface area contributed by atoms with E-state index in [4.69, 9.17) is 5.11 Å². The Kier molecular flexibility index (Phi) is 1.99. The van der Waals surface area contributed by atoms with Gasteiger partial charge in [-0.2, -0.15) is 0 Å². The topological polar surface area (TPSA) is 68.0 Å². The summed E-state index contributed by atoms with van der Waals surface area (Å²) < 4.78 is 2.28. The van der Waals surface area contributed by atoms with Gasteiger partial charge in [0.15, 0.2) is 0 Å². The smallest absolute Gasteiger partial charge is 0.339 e. The first-order valence-corrected chi connectivity index (χ1v) is 4.59. The number of fused-ring (bicyclic) bond motifs is 1. The number of aryl methyl sites for hydroxylation is 1. The van der Waals surface area contributed by atoms with Crippen molar-refractivity contribution in [3.8, 4) is 0 Å². The minimum atomic E-state index is -0.985. The highest BCUT2D eigenvalue weighted by atomic mass is 79.9. The minimum Gasteiger partial charge on any atom is -0.478 e. The monoisotopic (exact) mass is 255 g/mol. The fraction of sp³-hybridized carbons (Fsp3) is 0.125. The lowest BCUT2D eigenvalue weighted by Gasteiger charge is -1.95. The highest BCUT2D eigenvalue weighted by molar-refractivity contribution is 9.10. The third-order valence-electron chi connectivity index (χ3n) is 1.94. The van der Waals surface area contributed by atoms with Crippen LogP contribution in [0.3, 0.4) is 0 Å². The van der Waals surface area contributed by atoms with E-state index in [1.807, 2.05) is 0 Å².